The van der Waals surface area contributed by atoms with Gasteiger partial charge in [0.25, 0.3) is 0 Å². The highest BCUT2D eigenvalue weighted by molar-refractivity contribution is 9.11. The number of methoxy groups -OCH3 is 1. The zero-order valence-electron chi connectivity index (χ0n) is 8.03. The van der Waals surface area contributed by atoms with Gasteiger partial charge in [0.05, 0.1) is 7.11 Å². The molecule has 0 aliphatic heterocycles. The van der Waals surface area contributed by atoms with Crippen molar-refractivity contribution in [2.24, 2.45) is 0 Å². The Kier molecular flexibility index (Phi) is 2.93. The molecule has 2 N–H and O–H groups in total. The topological polar surface area (TPSA) is 48.1 Å². The summed E-state index contributed by atoms with van der Waals surface area (Å²) in [6.45, 7) is 0. The second kappa shape index (κ2) is 4.20. The van der Waals surface area contributed by atoms with Crippen LogP contribution < -0.4 is 10.5 Å². The van der Waals surface area contributed by atoms with Gasteiger partial charge in [0, 0.05) is 5.56 Å². The first-order chi connectivity index (χ1) is 7.20. The van der Waals surface area contributed by atoms with E-state index in [-0.39, 0.29) is 0 Å². The summed E-state index contributed by atoms with van der Waals surface area (Å²) < 4.78 is 6.01. The molecule has 0 bridgehead atoms. The van der Waals surface area contributed by atoms with Crippen LogP contribution in [0.15, 0.2) is 28.1 Å². The third-order valence-corrected chi connectivity index (χ3v) is 3.73. The zero-order valence-corrected chi connectivity index (χ0v) is 10.4. The third-order valence-electron chi connectivity index (χ3n) is 1.93. The van der Waals surface area contributed by atoms with E-state index in [0.29, 0.717) is 5.82 Å². The molecule has 0 saturated heterocycles. The van der Waals surface area contributed by atoms with Crippen molar-refractivity contribution in [2.45, 2.75) is 0 Å². The zero-order chi connectivity index (χ0) is 10.8. The van der Waals surface area contributed by atoms with Gasteiger partial charge in [0.2, 0.25) is 0 Å². The van der Waals surface area contributed by atoms with E-state index in [9.17, 15) is 0 Å². The summed E-state index contributed by atoms with van der Waals surface area (Å²) in [5, 5.41) is 0.887. The molecule has 0 unspecified atom stereocenters. The van der Waals surface area contributed by atoms with Crippen molar-refractivity contribution in [3.05, 3.63) is 28.1 Å². The lowest BCUT2D eigenvalue weighted by atomic mass is 10.2. The molecule has 0 fully saturated rings. The van der Waals surface area contributed by atoms with Crippen molar-refractivity contribution in [3.63, 3.8) is 0 Å². The van der Waals surface area contributed by atoms with Gasteiger partial charge in [-0.1, -0.05) is 12.1 Å². The van der Waals surface area contributed by atoms with Crippen molar-refractivity contribution in [1.82, 2.24) is 4.98 Å². The van der Waals surface area contributed by atoms with E-state index in [1.165, 1.54) is 11.3 Å². The molecule has 0 spiro atoms. The van der Waals surface area contributed by atoms with Gasteiger partial charge in [-0.25, -0.2) is 4.98 Å². The Balaban J connectivity index is 2.44. The molecule has 0 atom stereocenters. The van der Waals surface area contributed by atoms with Crippen molar-refractivity contribution in [3.8, 4) is 16.3 Å². The molecule has 2 rings (SSSR count). The van der Waals surface area contributed by atoms with Crippen LogP contribution in [0.3, 0.4) is 0 Å². The maximum atomic E-state index is 5.67. The molecule has 1 heterocycles. The molecule has 78 valence electrons. The molecule has 0 amide bonds. The highest BCUT2D eigenvalue weighted by atomic mass is 79.9. The van der Waals surface area contributed by atoms with Gasteiger partial charge in [0.1, 0.15) is 20.4 Å². The first kappa shape index (κ1) is 10.4. The number of ether oxygens (including phenoxy) is 1. The van der Waals surface area contributed by atoms with Crippen LogP contribution in [0.4, 0.5) is 5.82 Å². The Labute approximate surface area is 100 Å². The number of aromatic nitrogens is 1. The van der Waals surface area contributed by atoms with Gasteiger partial charge in [-0.05, 0) is 28.1 Å². The molecule has 0 aliphatic rings. The van der Waals surface area contributed by atoms with Crippen LogP contribution in [-0.4, -0.2) is 12.1 Å². The van der Waals surface area contributed by atoms with Crippen LogP contribution in [0.2, 0.25) is 0 Å². The monoisotopic (exact) mass is 284 g/mol. The molecule has 3 nitrogen and oxygen atoms in total. The highest BCUT2D eigenvalue weighted by Gasteiger charge is 2.08. The number of nitrogen functional groups attached to an aromatic ring is 1. The Morgan fingerprint density at radius 2 is 2.27 bits per heavy atom. The predicted molar refractivity (Wildman–Crippen MR) is 66.2 cm³/mol. The predicted octanol–water partition coefficient (Wildman–Crippen LogP) is 3.16. The molecule has 5 heteroatoms. The minimum Gasteiger partial charge on any atom is -0.497 e. The van der Waals surface area contributed by atoms with Crippen molar-refractivity contribution in [1.29, 1.82) is 0 Å². The number of thiazole rings is 1. The number of hydrogen-bond donors (Lipinski definition) is 1. The van der Waals surface area contributed by atoms with Crippen LogP contribution in [0.5, 0.6) is 5.75 Å². The maximum absolute atomic E-state index is 5.67. The fourth-order valence-corrected chi connectivity index (χ4v) is 2.45. The van der Waals surface area contributed by atoms with Crippen LogP contribution in [-0.2, 0) is 0 Å². The molecule has 15 heavy (non-hydrogen) atoms. The number of anilines is 1. The lowest BCUT2D eigenvalue weighted by Crippen LogP contribution is -1.85. The minimum absolute atomic E-state index is 0.526. The van der Waals surface area contributed by atoms with E-state index in [1.54, 1.807) is 7.11 Å². The number of halogens is 1. The van der Waals surface area contributed by atoms with Crippen LogP contribution in [0.1, 0.15) is 0 Å². The van der Waals surface area contributed by atoms with Crippen molar-refractivity contribution < 1.29 is 4.74 Å². The number of hydrogen-bond acceptors (Lipinski definition) is 4. The van der Waals surface area contributed by atoms with Gasteiger partial charge >= 0.3 is 0 Å². The molecule has 0 aliphatic carbocycles. The number of nitrogens with two attached hydrogens (primary N) is 1. The van der Waals surface area contributed by atoms with E-state index in [4.69, 9.17) is 10.5 Å². The van der Waals surface area contributed by atoms with E-state index in [1.807, 2.05) is 24.3 Å². The molecule has 1 aromatic carbocycles. The lowest BCUT2D eigenvalue weighted by Gasteiger charge is -2.00. The van der Waals surface area contributed by atoms with Crippen molar-refractivity contribution >= 4 is 33.1 Å². The van der Waals surface area contributed by atoms with Gasteiger partial charge in [-0.2, -0.15) is 0 Å². The number of nitrogens with zero attached hydrogens (tertiary/aromatic N) is 1. The molecular formula is C10H9BrN2OS. The molecule has 1 aromatic heterocycles. The summed E-state index contributed by atoms with van der Waals surface area (Å²) in [6.07, 6.45) is 0. The summed E-state index contributed by atoms with van der Waals surface area (Å²) in [4.78, 5) is 4.25. The van der Waals surface area contributed by atoms with E-state index >= 15 is 0 Å². The minimum atomic E-state index is 0.526. The molecule has 0 radical (unpaired) electrons. The summed E-state index contributed by atoms with van der Waals surface area (Å²) in [6, 6.07) is 7.74. The molecule has 2 aromatic rings. The van der Waals surface area contributed by atoms with Gasteiger partial charge in [-0.3, -0.25) is 0 Å². The first-order valence-electron chi connectivity index (χ1n) is 4.27. The fraction of sp³-hybridized carbons (Fsp3) is 0.100. The van der Waals surface area contributed by atoms with Gasteiger partial charge in [0.15, 0.2) is 0 Å². The Morgan fingerprint density at radius 1 is 1.47 bits per heavy atom. The van der Waals surface area contributed by atoms with Crippen LogP contribution >= 0.6 is 27.3 Å². The summed E-state index contributed by atoms with van der Waals surface area (Å²) in [5.74, 6) is 1.34. The second-order valence-electron chi connectivity index (χ2n) is 2.91. The smallest absolute Gasteiger partial charge is 0.149 e. The van der Waals surface area contributed by atoms with Crippen LogP contribution in [0.25, 0.3) is 10.6 Å². The van der Waals surface area contributed by atoms with Gasteiger partial charge < -0.3 is 10.5 Å². The van der Waals surface area contributed by atoms with E-state index in [2.05, 4.69) is 20.9 Å². The Bertz CT molecular complexity index is 465. The average molecular weight is 285 g/mol. The quantitative estimate of drug-likeness (QED) is 0.922. The van der Waals surface area contributed by atoms with Crippen LogP contribution in [0, 0.1) is 0 Å². The highest BCUT2D eigenvalue weighted by Crippen LogP contribution is 2.34. The maximum Gasteiger partial charge on any atom is 0.149 e. The molecule has 0 saturated carbocycles. The fourth-order valence-electron chi connectivity index (χ4n) is 1.19. The third kappa shape index (κ3) is 2.13. The number of rotatable bonds is 2. The van der Waals surface area contributed by atoms with Crippen molar-refractivity contribution in [2.75, 3.05) is 12.8 Å². The number of benzene rings is 1. The molecular weight excluding hydrogens is 276 g/mol. The lowest BCUT2D eigenvalue weighted by molar-refractivity contribution is 0.415. The SMILES string of the molecule is COc1cccc(-c2nc(N)c(Br)s2)c1. The summed E-state index contributed by atoms with van der Waals surface area (Å²) in [5.41, 5.74) is 6.68. The average Bonchev–Trinajstić information content (AvgIpc) is 2.59. The normalized spacial score (nSPS) is 10.3. The second-order valence-corrected chi connectivity index (χ2v) is 5.23. The summed E-state index contributed by atoms with van der Waals surface area (Å²) in [7, 11) is 1.64. The largest absolute Gasteiger partial charge is 0.497 e. The van der Waals surface area contributed by atoms with Gasteiger partial charge in [-0.15, -0.1) is 11.3 Å². The standard InChI is InChI=1S/C10H9BrN2OS/c1-14-7-4-2-3-6(5-7)10-13-9(12)8(11)15-10/h2-5H,12H2,1H3. The van der Waals surface area contributed by atoms with E-state index in [0.717, 1.165) is 20.1 Å². The Morgan fingerprint density at radius 3 is 2.87 bits per heavy atom. The first-order valence-corrected chi connectivity index (χ1v) is 5.88. The Hall–Kier alpha value is -1.07. The van der Waals surface area contributed by atoms with E-state index < -0.39 is 0 Å². The summed E-state index contributed by atoms with van der Waals surface area (Å²) >= 11 is 4.86.